The van der Waals surface area contributed by atoms with Gasteiger partial charge < -0.3 is 0 Å². The first-order valence-electron chi connectivity index (χ1n) is 12.2. The minimum absolute atomic E-state index is 0. The highest BCUT2D eigenvalue weighted by atomic mass is 14.2. The van der Waals surface area contributed by atoms with E-state index in [2.05, 4.69) is 20.8 Å². The van der Waals surface area contributed by atoms with E-state index in [4.69, 9.17) is 0 Å². The summed E-state index contributed by atoms with van der Waals surface area (Å²) in [6.07, 6.45) is 25.2. The van der Waals surface area contributed by atoms with Gasteiger partial charge in [-0.15, -0.1) is 0 Å². The van der Waals surface area contributed by atoms with Crippen LogP contribution in [0.5, 0.6) is 0 Å². The Labute approximate surface area is 169 Å². The Morgan fingerprint density at radius 2 is 1.08 bits per heavy atom. The second kappa shape index (κ2) is 21.3. The molecule has 0 radical (unpaired) electrons. The third kappa shape index (κ3) is 17.4. The van der Waals surface area contributed by atoms with Crippen molar-refractivity contribution in [1.29, 1.82) is 0 Å². The largest absolute Gasteiger partial charge is 0.0776 e. The quantitative estimate of drug-likeness (QED) is 0.252. The van der Waals surface area contributed by atoms with Crippen molar-refractivity contribution < 1.29 is 0 Å². The zero-order chi connectivity index (χ0) is 18.8. The number of hydrogen-bond donors (Lipinski definition) is 0. The van der Waals surface area contributed by atoms with E-state index in [0.29, 0.717) is 0 Å². The second-order valence-electron chi connectivity index (χ2n) is 8.78. The van der Waals surface area contributed by atoms with E-state index in [1.165, 1.54) is 109 Å². The molecule has 0 spiro atoms. The molecule has 1 saturated carbocycles. The van der Waals surface area contributed by atoms with Crippen LogP contribution in [-0.4, -0.2) is 0 Å². The van der Waals surface area contributed by atoms with Crippen LogP contribution in [0, 0.1) is 17.8 Å². The highest BCUT2D eigenvalue weighted by molar-refractivity contribution is 4.67. The normalized spacial score (nSPS) is 16.5. The van der Waals surface area contributed by atoms with Crippen LogP contribution in [0.25, 0.3) is 0 Å². The van der Waals surface area contributed by atoms with Crippen molar-refractivity contribution in [1.82, 2.24) is 0 Å². The summed E-state index contributed by atoms with van der Waals surface area (Å²) in [6.45, 7) is 11.2. The van der Waals surface area contributed by atoms with Crippen molar-refractivity contribution in [3.8, 4) is 0 Å². The van der Waals surface area contributed by atoms with Crippen molar-refractivity contribution in [3.63, 3.8) is 0 Å². The standard InChI is InChI=1S/C23H46.C2H6.CH4/c1-4-5-14-21(2)15-8-6-9-16-22(3)17-10-7-11-18-23-19-12-13-20-23;1-2;/h21-23H,4-20H2,1-3H3;1-2H3;1H4. The summed E-state index contributed by atoms with van der Waals surface area (Å²) in [5, 5.41) is 0. The third-order valence-electron chi connectivity index (χ3n) is 6.23. The maximum atomic E-state index is 2.49. The van der Waals surface area contributed by atoms with Gasteiger partial charge in [0.05, 0.1) is 0 Å². The molecule has 0 aliphatic heterocycles. The lowest BCUT2D eigenvalue weighted by Crippen LogP contribution is -1.98. The highest BCUT2D eigenvalue weighted by Gasteiger charge is 2.13. The van der Waals surface area contributed by atoms with Gasteiger partial charge in [0.25, 0.3) is 0 Å². The molecular weight excluding hydrogens is 312 g/mol. The molecule has 26 heavy (non-hydrogen) atoms. The summed E-state index contributed by atoms with van der Waals surface area (Å²) in [4.78, 5) is 0. The summed E-state index contributed by atoms with van der Waals surface area (Å²) in [5.41, 5.74) is 0. The van der Waals surface area contributed by atoms with Crippen LogP contribution in [0.15, 0.2) is 0 Å². The predicted molar refractivity (Wildman–Crippen MR) is 124 cm³/mol. The monoisotopic (exact) mass is 368 g/mol. The van der Waals surface area contributed by atoms with Gasteiger partial charge in [0, 0.05) is 0 Å². The van der Waals surface area contributed by atoms with Crippen LogP contribution in [0.3, 0.4) is 0 Å². The van der Waals surface area contributed by atoms with Crippen molar-refractivity contribution in [3.05, 3.63) is 0 Å². The minimum Gasteiger partial charge on any atom is -0.0776 e. The average Bonchev–Trinajstić information content (AvgIpc) is 3.14. The Bertz CT molecular complexity index is 238. The average molecular weight is 369 g/mol. The van der Waals surface area contributed by atoms with Crippen molar-refractivity contribution >= 4 is 0 Å². The van der Waals surface area contributed by atoms with Gasteiger partial charge >= 0.3 is 0 Å². The summed E-state index contributed by atoms with van der Waals surface area (Å²) < 4.78 is 0. The Morgan fingerprint density at radius 1 is 0.654 bits per heavy atom. The van der Waals surface area contributed by atoms with Crippen LogP contribution in [0.4, 0.5) is 0 Å². The molecule has 0 nitrogen and oxygen atoms in total. The Kier molecular flexibility index (Phi) is 23.1. The maximum Gasteiger partial charge on any atom is -0.0414 e. The minimum atomic E-state index is 0. The molecule has 1 aliphatic rings. The van der Waals surface area contributed by atoms with E-state index in [1.807, 2.05) is 13.8 Å². The Morgan fingerprint density at radius 3 is 1.54 bits per heavy atom. The lowest BCUT2D eigenvalue weighted by molar-refractivity contribution is 0.404. The van der Waals surface area contributed by atoms with E-state index in [0.717, 1.165) is 17.8 Å². The van der Waals surface area contributed by atoms with Gasteiger partial charge in [-0.2, -0.15) is 0 Å². The molecule has 2 unspecified atom stereocenters. The fourth-order valence-corrected chi connectivity index (χ4v) is 4.41. The molecule has 0 bridgehead atoms. The summed E-state index contributed by atoms with van der Waals surface area (Å²) in [6, 6.07) is 0. The molecule has 160 valence electrons. The van der Waals surface area contributed by atoms with E-state index in [9.17, 15) is 0 Å². The van der Waals surface area contributed by atoms with E-state index < -0.39 is 0 Å². The summed E-state index contributed by atoms with van der Waals surface area (Å²) in [7, 11) is 0. The molecule has 1 aliphatic carbocycles. The second-order valence-corrected chi connectivity index (χ2v) is 8.78. The van der Waals surface area contributed by atoms with E-state index in [-0.39, 0.29) is 7.43 Å². The van der Waals surface area contributed by atoms with Crippen molar-refractivity contribution in [2.24, 2.45) is 17.8 Å². The molecule has 0 heteroatoms. The van der Waals surface area contributed by atoms with Gasteiger partial charge in [0.1, 0.15) is 0 Å². The smallest absolute Gasteiger partial charge is 0.0414 e. The SMILES string of the molecule is C.CC.CCCCC(C)CCCCCC(C)CCCCCC1CCCC1. The van der Waals surface area contributed by atoms with Gasteiger partial charge in [-0.1, -0.05) is 151 Å². The summed E-state index contributed by atoms with van der Waals surface area (Å²) in [5.74, 6) is 3.04. The molecular formula is C26H56. The molecule has 0 aromatic rings. The molecule has 0 saturated heterocycles. The molecule has 0 heterocycles. The molecule has 0 N–H and O–H groups in total. The number of unbranched alkanes of at least 4 members (excludes halogenated alkanes) is 5. The molecule has 2 atom stereocenters. The molecule has 0 amide bonds. The Hall–Kier alpha value is 0. The highest BCUT2D eigenvalue weighted by Crippen LogP contribution is 2.29. The first-order valence-corrected chi connectivity index (χ1v) is 12.2. The van der Waals surface area contributed by atoms with Gasteiger partial charge in [-0.3, -0.25) is 0 Å². The first-order chi connectivity index (χ1) is 12.2. The molecule has 0 aromatic heterocycles. The van der Waals surface area contributed by atoms with Gasteiger partial charge in [-0.25, -0.2) is 0 Å². The zero-order valence-electron chi connectivity index (χ0n) is 18.8. The lowest BCUT2D eigenvalue weighted by atomic mass is 9.93. The Balaban J connectivity index is 0. The predicted octanol–water partition coefficient (Wildman–Crippen LogP) is 10.2. The molecule has 1 rings (SSSR count). The number of hydrogen-bond acceptors (Lipinski definition) is 0. The van der Waals surface area contributed by atoms with E-state index >= 15 is 0 Å². The van der Waals surface area contributed by atoms with Crippen LogP contribution in [-0.2, 0) is 0 Å². The number of rotatable bonds is 15. The van der Waals surface area contributed by atoms with Crippen LogP contribution >= 0.6 is 0 Å². The third-order valence-corrected chi connectivity index (χ3v) is 6.23. The van der Waals surface area contributed by atoms with Gasteiger partial charge in [0.15, 0.2) is 0 Å². The zero-order valence-corrected chi connectivity index (χ0v) is 18.8. The van der Waals surface area contributed by atoms with Crippen molar-refractivity contribution in [2.45, 2.75) is 151 Å². The van der Waals surface area contributed by atoms with Gasteiger partial charge in [-0.05, 0) is 17.8 Å². The molecule has 1 fully saturated rings. The van der Waals surface area contributed by atoms with Crippen LogP contribution < -0.4 is 0 Å². The maximum absolute atomic E-state index is 2.49. The van der Waals surface area contributed by atoms with Crippen LogP contribution in [0.1, 0.15) is 151 Å². The van der Waals surface area contributed by atoms with Crippen LogP contribution in [0.2, 0.25) is 0 Å². The van der Waals surface area contributed by atoms with Crippen molar-refractivity contribution in [2.75, 3.05) is 0 Å². The first kappa shape index (κ1) is 28.2. The lowest BCUT2D eigenvalue weighted by Gasteiger charge is -2.13. The van der Waals surface area contributed by atoms with E-state index in [1.54, 1.807) is 0 Å². The fourth-order valence-electron chi connectivity index (χ4n) is 4.41. The fraction of sp³-hybridized carbons (Fsp3) is 1.00. The van der Waals surface area contributed by atoms with Gasteiger partial charge in [0.2, 0.25) is 0 Å². The summed E-state index contributed by atoms with van der Waals surface area (Å²) >= 11 is 0. The topological polar surface area (TPSA) is 0 Å². The molecule has 0 aromatic carbocycles.